The van der Waals surface area contributed by atoms with Crippen LogP contribution in [0.15, 0.2) is 54.6 Å². The molecule has 1 atom stereocenters. The number of rotatable bonds is 5. The van der Waals surface area contributed by atoms with Crippen LogP contribution in [-0.4, -0.2) is 30.2 Å². The molecule has 1 aliphatic rings. The van der Waals surface area contributed by atoms with Crippen molar-refractivity contribution >= 4 is 11.7 Å². The highest BCUT2D eigenvalue weighted by Gasteiger charge is 2.36. The molecule has 1 fully saturated rings. The fraction of sp³-hybridized carbons (Fsp3) is 0.263. The van der Waals surface area contributed by atoms with Gasteiger partial charge in [0.15, 0.2) is 5.78 Å². The largest absolute Gasteiger partial charge is 0.497 e. The number of Topliss-reactive ketones (excluding diaryl/α,β-unsaturated/α-hetero) is 1. The number of nitrogens with zero attached hydrogens (tertiary/aromatic N) is 1. The summed E-state index contributed by atoms with van der Waals surface area (Å²) in [6, 6.07) is 16.7. The van der Waals surface area contributed by atoms with Crippen LogP contribution in [0.2, 0.25) is 0 Å². The summed E-state index contributed by atoms with van der Waals surface area (Å²) in [7, 11) is 1.62. The van der Waals surface area contributed by atoms with Gasteiger partial charge in [-0.2, -0.15) is 0 Å². The number of methoxy groups -OCH3 is 1. The van der Waals surface area contributed by atoms with Gasteiger partial charge in [-0.25, -0.2) is 0 Å². The number of hydrogen-bond acceptors (Lipinski definition) is 3. The second-order valence-corrected chi connectivity index (χ2v) is 5.68. The van der Waals surface area contributed by atoms with Crippen LogP contribution in [0.3, 0.4) is 0 Å². The van der Waals surface area contributed by atoms with Gasteiger partial charge in [-0.05, 0) is 24.1 Å². The quantitative estimate of drug-likeness (QED) is 0.630. The molecule has 0 bridgehead atoms. The molecule has 118 valence electrons. The first kappa shape index (κ1) is 15.3. The van der Waals surface area contributed by atoms with E-state index in [1.165, 1.54) is 0 Å². The monoisotopic (exact) mass is 309 g/mol. The Morgan fingerprint density at radius 3 is 2.48 bits per heavy atom. The van der Waals surface area contributed by atoms with Crippen molar-refractivity contribution in [3.63, 3.8) is 0 Å². The summed E-state index contributed by atoms with van der Waals surface area (Å²) in [5, 5.41) is 0. The molecular formula is C19H19NO3. The van der Waals surface area contributed by atoms with Crippen LogP contribution >= 0.6 is 0 Å². The minimum absolute atomic E-state index is 0.0744. The van der Waals surface area contributed by atoms with Gasteiger partial charge in [-0.3, -0.25) is 9.59 Å². The lowest BCUT2D eigenvalue weighted by Gasteiger charge is -2.16. The van der Waals surface area contributed by atoms with E-state index in [1.54, 1.807) is 24.1 Å². The average molecular weight is 309 g/mol. The summed E-state index contributed by atoms with van der Waals surface area (Å²) in [4.78, 5) is 26.8. The highest BCUT2D eigenvalue weighted by Crippen LogP contribution is 2.24. The Bertz CT molecular complexity index is 694. The first-order valence-corrected chi connectivity index (χ1v) is 7.70. The predicted octanol–water partition coefficient (Wildman–Crippen LogP) is 2.93. The molecule has 2 aromatic carbocycles. The maximum absolute atomic E-state index is 12.5. The Morgan fingerprint density at radius 1 is 1.13 bits per heavy atom. The average Bonchev–Trinajstić information content (AvgIpc) is 2.96. The first-order valence-electron chi connectivity index (χ1n) is 7.70. The minimum atomic E-state index is -0.546. The standard InChI is InChI=1S/C19H19NO3/c1-23-16-9-7-14(8-10-16)13-20-12-11-17(19(20)22)18(21)15-5-3-2-4-6-15/h2-10,17H,11-13H2,1H3. The van der Waals surface area contributed by atoms with Gasteiger partial charge in [0.1, 0.15) is 11.7 Å². The normalized spacial score (nSPS) is 17.3. The minimum Gasteiger partial charge on any atom is -0.497 e. The number of carbonyl (C=O) groups is 2. The third kappa shape index (κ3) is 3.26. The van der Waals surface area contributed by atoms with E-state index in [1.807, 2.05) is 42.5 Å². The van der Waals surface area contributed by atoms with E-state index >= 15 is 0 Å². The molecule has 0 saturated carbocycles. The molecule has 0 spiro atoms. The molecule has 0 N–H and O–H groups in total. The zero-order chi connectivity index (χ0) is 16.2. The lowest BCUT2D eigenvalue weighted by atomic mass is 9.96. The summed E-state index contributed by atoms with van der Waals surface area (Å²) >= 11 is 0. The molecule has 0 aromatic heterocycles. The third-order valence-corrected chi connectivity index (χ3v) is 4.20. The first-order chi connectivity index (χ1) is 11.2. The summed E-state index contributed by atoms with van der Waals surface area (Å²) in [6.45, 7) is 1.15. The molecule has 2 aromatic rings. The fourth-order valence-electron chi connectivity index (χ4n) is 2.89. The summed E-state index contributed by atoms with van der Waals surface area (Å²) in [5.74, 6) is 0.0942. The van der Waals surface area contributed by atoms with E-state index in [9.17, 15) is 9.59 Å². The van der Waals surface area contributed by atoms with Crippen molar-refractivity contribution < 1.29 is 14.3 Å². The van der Waals surface area contributed by atoms with Crippen molar-refractivity contribution in [2.75, 3.05) is 13.7 Å². The van der Waals surface area contributed by atoms with Crippen molar-refractivity contribution in [3.8, 4) is 5.75 Å². The lowest BCUT2D eigenvalue weighted by molar-refractivity contribution is -0.130. The van der Waals surface area contributed by atoms with Crippen LogP contribution in [0.25, 0.3) is 0 Å². The Hall–Kier alpha value is -2.62. The summed E-state index contributed by atoms with van der Waals surface area (Å²) in [5.41, 5.74) is 1.64. The van der Waals surface area contributed by atoms with Gasteiger partial charge in [0.05, 0.1) is 7.11 Å². The van der Waals surface area contributed by atoms with Crippen molar-refractivity contribution in [2.45, 2.75) is 13.0 Å². The second-order valence-electron chi connectivity index (χ2n) is 5.68. The maximum atomic E-state index is 12.5. The van der Waals surface area contributed by atoms with Crippen molar-refractivity contribution in [2.24, 2.45) is 5.92 Å². The zero-order valence-electron chi connectivity index (χ0n) is 13.1. The third-order valence-electron chi connectivity index (χ3n) is 4.20. The SMILES string of the molecule is COc1ccc(CN2CCC(C(=O)c3ccccc3)C2=O)cc1. The van der Waals surface area contributed by atoms with Crippen molar-refractivity contribution in [1.29, 1.82) is 0 Å². The number of carbonyl (C=O) groups excluding carboxylic acids is 2. The Kier molecular flexibility index (Phi) is 4.42. The molecule has 0 radical (unpaired) electrons. The Balaban J connectivity index is 1.67. The number of amides is 1. The molecule has 23 heavy (non-hydrogen) atoms. The van der Waals surface area contributed by atoms with Crippen LogP contribution in [0, 0.1) is 5.92 Å². The van der Waals surface area contributed by atoms with Gasteiger partial charge in [0, 0.05) is 18.7 Å². The van der Waals surface area contributed by atoms with Gasteiger partial charge in [-0.1, -0.05) is 42.5 Å². The number of ether oxygens (including phenoxy) is 1. The number of hydrogen-bond donors (Lipinski definition) is 0. The Labute approximate surface area is 135 Å². The molecular weight excluding hydrogens is 290 g/mol. The lowest BCUT2D eigenvalue weighted by Crippen LogP contribution is -2.30. The second kappa shape index (κ2) is 6.65. The molecule has 4 heteroatoms. The van der Waals surface area contributed by atoms with Crippen LogP contribution < -0.4 is 4.74 Å². The summed E-state index contributed by atoms with van der Waals surface area (Å²) < 4.78 is 5.13. The predicted molar refractivity (Wildman–Crippen MR) is 87.3 cm³/mol. The highest BCUT2D eigenvalue weighted by atomic mass is 16.5. The molecule has 1 amide bonds. The van der Waals surface area contributed by atoms with Crippen LogP contribution in [0.4, 0.5) is 0 Å². The molecule has 1 saturated heterocycles. The van der Waals surface area contributed by atoms with E-state index < -0.39 is 5.92 Å². The fourth-order valence-corrected chi connectivity index (χ4v) is 2.89. The van der Waals surface area contributed by atoms with E-state index in [0.717, 1.165) is 11.3 Å². The van der Waals surface area contributed by atoms with Crippen LogP contribution in [0.5, 0.6) is 5.75 Å². The molecule has 1 unspecified atom stereocenters. The smallest absolute Gasteiger partial charge is 0.233 e. The van der Waals surface area contributed by atoms with E-state index in [0.29, 0.717) is 25.1 Å². The van der Waals surface area contributed by atoms with Gasteiger partial charge in [0.25, 0.3) is 0 Å². The molecule has 1 aliphatic heterocycles. The van der Waals surface area contributed by atoms with Crippen molar-refractivity contribution in [1.82, 2.24) is 4.90 Å². The molecule has 3 rings (SSSR count). The Morgan fingerprint density at radius 2 is 1.83 bits per heavy atom. The molecule has 4 nitrogen and oxygen atoms in total. The topological polar surface area (TPSA) is 46.6 Å². The number of benzene rings is 2. The molecule has 1 heterocycles. The van der Waals surface area contributed by atoms with E-state index in [4.69, 9.17) is 4.74 Å². The van der Waals surface area contributed by atoms with Gasteiger partial charge in [0.2, 0.25) is 5.91 Å². The molecule has 0 aliphatic carbocycles. The zero-order valence-corrected chi connectivity index (χ0v) is 13.1. The highest BCUT2D eigenvalue weighted by molar-refractivity contribution is 6.10. The van der Waals surface area contributed by atoms with Crippen LogP contribution in [0.1, 0.15) is 22.3 Å². The summed E-state index contributed by atoms with van der Waals surface area (Å²) in [6.07, 6.45) is 0.586. The number of likely N-dealkylation sites (tertiary alicyclic amines) is 1. The number of ketones is 1. The van der Waals surface area contributed by atoms with Gasteiger partial charge in [-0.15, -0.1) is 0 Å². The maximum Gasteiger partial charge on any atom is 0.233 e. The van der Waals surface area contributed by atoms with Gasteiger partial charge >= 0.3 is 0 Å². The van der Waals surface area contributed by atoms with E-state index in [2.05, 4.69) is 0 Å². The van der Waals surface area contributed by atoms with E-state index in [-0.39, 0.29) is 11.7 Å². The van der Waals surface area contributed by atoms with Crippen LogP contribution in [-0.2, 0) is 11.3 Å². The van der Waals surface area contributed by atoms with Gasteiger partial charge < -0.3 is 9.64 Å². The van der Waals surface area contributed by atoms with Crippen molar-refractivity contribution in [3.05, 3.63) is 65.7 Å².